The minimum atomic E-state index is -4.70. The highest BCUT2D eigenvalue weighted by molar-refractivity contribution is 4.18. The lowest BCUT2D eigenvalue weighted by Crippen LogP contribution is -2.28. The Morgan fingerprint density at radius 1 is 1.44 bits per heavy atom. The Morgan fingerprint density at radius 3 is 2.33 bits per heavy atom. The van der Waals surface area contributed by atoms with Crippen molar-refractivity contribution < 1.29 is 22.8 Å². The topological polar surface area (TPSA) is 56.5 Å². The molecule has 4 nitrogen and oxygen atoms in total. The molecule has 0 unspecified atom stereocenters. The van der Waals surface area contributed by atoms with Crippen LogP contribution in [-0.2, 0) is 9.68 Å². The quantitative estimate of drug-likeness (QED) is 0.331. The summed E-state index contributed by atoms with van der Waals surface area (Å²) in [6.07, 6.45) is -4.70. The zero-order valence-corrected chi connectivity index (χ0v) is 4.23. The Labute approximate surface area is 48.6 Å². The number of hydrogen-bond acceptors (Lipinski definition) is 4. The van der Waals surface area contributed by atoms with Gasteiger partial charge in [-0.3, -0.25) is 4.84 Å². The largest absolute Gasteiger partial charge is 0.539 e. The van der Waals surface area contributed by atoms with E-state index in [9.17, 15) is 13.2 Å². The maximum Gasteiger partial charge on any atom is 0.539 e. The number of nitrogens with two attached hydrogens (primary N) is 1. The van der Waals surface area contributed by atoms with Gasteiger partial charge in [-0.15, -0.1) is 13.2 Å². The van der Waals surface area contributed by atoms with E-state index in [0.717, 1.165) is 0 Å². The molecule has 0 aliphatic carbocycles. The molecule has 0 aliphatic rings. The van der Waals surface area contributed by atoms with Gasteiger partial charge in [0.05, 0.1) is 0 Å². The van der Waals surface area contributed by atoms with Crippen molar-refractivity contribution in [2.45, 2.75) is 6.36 Å². The maximum atomic E-state index is 11.0. The van der Waals surface area contributed by atoms with Gasteiger partial charge >= 0.3 is 6.36 Å². The highest BCUT2D eigenvalue weighted by Gasteiger charge is 2.29. The minimum Gasteiger partial charge on any atom is -0.287 e. The van der Waals surface area contributed by atoms with E-state index in [4.69, 9.17) is 0 Å². The van der Waals surface area contributed by atoms with Crippen LogP contribution < -0.4 is 11.4 Å². The van der Waals surface area contributed by atoms with Crippen LogP contribution in [0, 0.1) is 0 Å². The zero-order valence-electron chi connectivity index (χ0n) is 4.23. The van der Waals surface area contributed by atoms with Crippen LogP contribution >= 0.6 is 0 Å². The van der Waals surface area contributed by atoms with Crippen LogP contribution in [0.1, 0.15) is 0 Å². The van der Waals surface area contributed by atoms with Crippen molar-refractivity contribution in [2.75, 3.05) is 6.73 Å². The lowest BCUT2D eigenvalue weighted by Gasteiger charge is -2.05. The summed E-state index contributed by atoms with van der Waals surface area (Å²) in [5, 5.41) is 0. The lowest BCUT2D eigenvalue weighted by molar-refractivity contribution is -0.356. The van der Waals surface area contributed by atoms with Gasteiger partial charge < -0.3 is 0 Å². The normalized spacial score (nSPS) is 12.0. The third-order valence-electron chi connectivity index (χ3n) is 0.330. The summed E-state index contributed by atoms with van der Waals surface area (Å²) in [6.45, 7) is -0.514. The average Bonchev–Trinajstić information content (AvgIpc) is 1.63. The van der Waals surface area contributed by atoms with Gasteiger partial charge in [0, 0.05) is 0 Å². The van der Waals surface area contributed by atoms with Gasteiger partial charge in [0.15, 0.2) is 0 Å². The number of alkyl halides is 3. The summed E-state index contributed by atoms with van der Waals surface area (Å²) in [5.41, 5.74) is 1.40. The number of hydrogen-bond donors (Lipinski definition) is 2. The minimum absolute atomic E-state index is 0.514. The first-order valence-corrected chi connectivity index (χ1v) is 1.85. The van der Waals surface area contributed by atoms with E-state index in [1.165, 1.54) is 5.48 Å². The Bertz CT molecular complexity index is 74.7. The molecular weight excluding hydrogens is 141 g/mol. The molecule has 56 valence electrons. The first-order valence-electron chi connectivity index (χ1n) is 1.85. The van der Waals surface area contributed by atoms with Crippen LogP contribution in [0.15, 0.2) is 0 Å². The molecule has 0 atom stereocenters. The van der Waals surface area contributed by atoms with Crippen molar-refractivity contribution in [3.05, 3.63) is 0 Å². The van der Waals surface area contributed by atoms with Gasteiger partial charge in [0.25, 0.3) is 0 Å². The molecule has 0 aromatic carbocycles. The fourth-order valence-electron chi connectivity index (χ4n) is 0.145. The molecule has 0 radical (unpaired) electrons. The monoisotopic (exact) mass is 146 g/mol. The highest BCUT2D eigenvalue weighted by atomic mass is 19.4. The molecule has 0 fully saturated rings. The van der Waals surface area contributed by atoms with Crippen molar-refractivity contribution in [1.29, 1.82) is 0 Å². The smallest absolute Gasteiger partial charge is 0.287 e. The van der Waals surface area contributed by atoms with E-state index < -0.39 is 13.1 Å². The molecule has 0 amide bonds. The maximum absolute atomic E-state index is 11.0. The molecule has 7 heteroatoms. The molecule has 0 aliphatic heterocycles. The number of hydroxylamine groups is 1. The summed E-state index contributed by atoms with van der Waals surface area (Å²) in [7, 11) is 0. The van der Waals surface area contributed by atoms with Gasteiger partial charge in [-0.1, -0.05) is 0 Å². The van der Waals surface area contributed by atoms with E-state index in [1.807, 2.05) is 0 Å². The summed E-state index contributed by atoms with van der Waals surface area (Å²) >= 11 is 0. The van der Waals surface area contributed by atoms with Crippen molar-refractivity contribution >= 4 is 0 Å². The highest BCUT2D eigenvalue weighted by Crippen LogP contribution is 2.13. The second kappa shape index (κ2) is 3.62. The van der Waals surface area contributed by atoms with Crippen molar-refractivity contribution in [3.8, 4) is 0 Å². The summed E-state index contributed by atoms with van der Waals surface area (Å²) < 4.78 is 33.0. The first-order chi connectivity index (χ1) is 4.06. The number of rotatable bonds is 3. The van der Waals surface area contributed by atoms with Crippen LogP contribution in [-0.4, -0.2) is 13.1 Å². The molecule has 0 aromatic heterocycles. The molecule has 3 N–H and O–H groups in total. The van der Waals surface area contributed by atoms with Gasteiger partial charge in [0.1, 0.15) is 6.73 Å². The summed E-state index contributed by atoms with van der Waals surface area (Å²) in [6, 6.07) is 0. The van der Waals surface area contributed by atoms with Crippen LogP contribution in [0.4, 0.5) is 13.2 Å². The molecule has 0 spiro atoms. The molecule has 0 aromatic rings. The summed E-state index contributed by atoms with van der Waals surface area (Å²) in [5.74, 6) is 4.35. The average molecular weight is 146 g/mol. The van der Waals surface area contributed by atoms with Crippen molar-refractivity contribution in [1.82, 2.24) is 5.48 Å². The Balaban J connectivity index is 3.07. The number of nitrogens with one attached hydrogen (secondary N) is 1. The lowest BCUT2D eigenvalue weighted by atomic mass is 11.3. The van der Waals surface area contributed by atoms with Crippen molar-refractivity contribution in [2.24, 2.45) is 5.90 Å². The van der Waals surface area contributed by atoms with Gasteiger partial charge in [-0.25, -0.2) is 10.7 Å². The fraction of sp³-hybridized carbons (Fsp3) is 1.00. The Kier molecular flexibility index (Phi) is 3.47. The van der Waals surface area contributed by atoms with E-state index in [0.29, 0.717) is 0 Å². The molecule has 0 saturated heterocycles. The molecule has 0 rings (SSSR count). The zero-order chi connectivity index (χ0) is 7.33. The molecule has 9 heavy (non-hydrogen) atoms. The molecule has 0 bridgehead atoms. The Morgan fingerprint density at radius 2 is 2.00 bits per heavy atom. The van der Waals surface area contributed by atoms with E-state index in [1.54, 1.807) is 0 Å². The molecule has 0 heterocycles. The van der Waals surface area contributed by atoms with Crippen molar-refractivity contribution in [3.63, 3.8) is 0 Å². The Hall–Kier alpha value is -0.370. The third-order valence-corrected chi connectivity index (χ3v) is 0.330. The fourth-order valence-corrected chi connectivity index (χ4v) is 0.145. The van der Waals surface area contributed by atoms with Crippen LogP contribution in [0.5, 0.6) is 0 Å². The molecule has 0 saturated carbocycles. The second-order valence-electron chi connectivity index (χ2n) is 1.00. The standard InChI is InChI=1S/C2H5F3N2O2/c3-2(4,5)9-7-1-8-6/h7H,1,6H2. The van der Waals surface area contributed by atoms with Crippen LogP contribution in [0.3, 0.4) is 0 Å². The van der Waals surface area contributed by atoms with Gasteiger partial charge in [0.2, 0.25) is 0 Å². The van der Waals surface area contributed by atoms with Gasteiger partial charge in [-0.05, 0) is 0 Å². The van der Waals surface area contributed by atoms with E-state index >= 15 is 0 Å². The van der Waals surface area contributed by atoms with E-state index in [-0.39, 0.29) is 0 Å². The SMILES string of the molecule is NOCNOC(F)(F)F. The predicted octanol–water partition coefficient (Wildman–Crippen LogP) is -0.125. The molecular formula is C2H5F3N2O2. The predicted molar refractivity (Wildman–Crippen MR) is 20.4 cm³/mol. The van der Waals surface area contributed by atoms with Crippen LogP contribution in [0.2, 0.25) is 0 Å². The second-order valence-corrected chi connectivity index (χ2v) is 1.00. The van der Waals surface area contributed by atoms with Gasteiger partial charge in [-0.2, -0.15) is 5.48 Å². The van der Waals surface area contributed by atoms with Crippen LogP contribution in [0.25, 0.3) is 0 Å². The summed E-state index contributed by atoms with van der Waals surface area (Å²) in [4.78, 5) is 6.72. The third kappa shape index (κ3) is 7.63. The first kappa shape index (κ1) is 8.63. The number of halogens is 3. The van der Waals surface area contributed by atoms with E-state index in [2.05, 4.69) is 15.6 Å².